The molecule has 0 bridgehead atoms. The Labute approximate surface area is 147 Å². The number of nitrogens with one attached hydrogen (secondary N) is 1. The molecule has 1 aliphatic carbocycles. The fraction of sp³-hybridized carbons (Fsp3) is 0.312. The maximum atomic E-state index is 12.5. The average Bonchev–Trinajstić information content (AvgIpc) is 3.37. The zero-order chi connectivity index (χ0) is 18.7. The predicted octanol–water partition coefficient (Wildman–Crippen LogP) is 2.57. The van der Waals surface area contributed by atoms with Gasteiger partial charge in [0.05, 0.1) is 18.6 Å². The van der Waals surface area contributed by atoms with Crippen LogP contribution in [0.3, 0.4) is 0 Å². The van der Waals surface area contributed by atoms with E-state index in [1.807, 2.05) is 0 Å². The second-order valence-electron chi connectivity index (χ2n) is 5.71. The summed E-state index contributed by atoms with van der Waals surface area (Å²) in [4.78, 5) is 39.7. The molecule has 3 rings (SSSR count). The van der Waals surface area contributed by atoms with Crippen molar-refractivity contribution in [1.29, 1.82) is 0 Å². The number of benzene rings is 1. The number of hydrogen-bond acceptors (Lipinski definition) is 7. The molecule has 10 nitrogen and oxygen atoms in total. The number of rotatable bonds is 6. The van der Waals surface area contributed by atoms with Crippen molar-refractivity contribution in [3.63, 3.8) is 0 Å². The van der Waals surface area contributed by atoms with Crippen LogP contribution >= 0.6 is 0 Å². The highest BCUT2D eigenvalue weighted by atomic mass is 16.6. The van der Waals surface area contributed by atoms with E-state index < -0.39 is 10.9 Å². The predicted molar refractivity (Wildman–Crippen MR) is 88.5 cm³/mol. The van der Waals surface area contributed by atoms with Crippen LogP contribution in [0, 0.1) is 10.1 Å². The van der Waals surface area contributed by atoms with Gasteiger partial charge in [-0.1, -0.05) is 0 Å². The molecule has 26 heavy (non-hydrogen) atoms. The quantitative estimate of drug-likeness (QED) is 0.476. The first-order valence-corrected chi connectivity index (χ1v) is 7.82. The molecule has 0 aliphatic heterocycles. The van der Waals surface area contributed by atoms with Gasteiger partial charge in [-0.3, -0.25) is 10.1 Å². The normalized spacial score (nSPS) is 13.1. The van der Waals surface area contributed by atoms with Gasteiger partial charge >= 0.3 is 12.0 Å². The van der Waals surface area contributed by atoms with E-state index in [2.05, 4.69) is 15.0 Å². The van der Waals surface area contributed by atoms with E-state index in [1.165, 1.54) is 37.6 Å². The monoisotopic (exact) mass is 360 g/mol. The lowest BCUT2D eigenvalue weighted by Crippen LogP contribution is -2.36. The molecule has 0 unspecified atom stereocenters. The number of amides is 2. The Morgan fingerprint density at radius 3 is 2.65 bits per heavy atom. The van der Waals surface area contributed by atoms with Crippen LogP contribution in [-0.2, 0) is 11.3 Å². The van der Waals surface area contributed by atoms with Gasteiger partial charge in [0.2, 0.25) is 5.89 Å². The van der Waals surface area contributed by atoms with E-state index in [-0.39, 0.29) is 35.9 Å². The molecule has 136 valence electrons. The number of aromatic nitrogens is 1. The van der Waals surface area contributed by atoms with Crippen molar-refractivity contribution in [3.05, 3.63) is 52.2 Å². The zero-order valence-electron chi connectivity index (χ0n) is 13.9. The van der Waals surface area contributed by atoms with Crippen molar-refractivity contribution in [3.8, 4) is 0 Å². The van der Waals surface area contributed by atoms with Gasteiger partial charge in [0.25, 0.3) is 5.69 Å². The molecule has 1 N–H and O–H groups in total. The molecule has 1 fully saturated rings. The van der Waals surface area contributed by atoms with Gasteiger partial charge in [-0.2, -0.15) is 0 Å². The third-order valence-corrected chi connectivity index (χ3v) is 3.83. The first kappa shape index (κ1) is 17.4. The van der Waals surface area contributed by atoms with E-state index in [1.54, 1.807) is 4.90 Å². The lowest BCUT2D eigenvalue weighted by Gasteiger charge is -2.21. The van der Waals surface area contributed by atoms with Crippen molar-refractivity contribution in [2.45, 2.75) is 25.4 Å². The minimum absolute atomic E-state index is 0.0361. The van der Waals surface area contributed by atoms with Crippen LogP contribution in [-0.4, -0.2) is 40.0 Å². The van der Waals surface area contributed by atoms with Crippen LogP contribution in [0.4, 0.5) is 16.2 Å². The van der Waals surface area contributed by atoms with Gasteiger partial charge in [-0.15, -0.1) is 0 Å². The number of esters is 1. The fourth-order valence-corrected chi connectivity index (χ4v) is 2.34. The number of oxazole rings is 1. The Morgan fingerprint density at radius 2 is 2.08 bits per heavy atom. The second-order valence-corrected chi connectivity index (χ2v) is 5.71. The minimum Gasteiger partial charge on any atom is -0.464 e. The SMILES string of the molecule is COC(=O)c1coc(CN(C(=O)Nc2ccc([N+](=O)[O-])cc2)C2CC2)n1. The van der Waals surface area contributed by atoms with Crippen LogP contribution in [0.25, 0.3) is 0 Å². The van der Waals surface area contributed by atoms with E-state index in [9.17, 15) is 19.7 Å². The summed E-state index contributed by atoms with van der Waals surface area (Å²) in [6.07, 6.45) is 2.90. The molecule has 0 saturated heterocycles. The van der Waals surface area contributed by atoms with E-state index in [0.29, 0.717) is 5.69 Å². The number of carbonyl (C=O) groups is 2. The Bertz CT molecular complexity index is 828. The molecule has 2 aromatic rings. The van der Waals surface area contributed by atoms with Gasteiger partial charge < -0.3 is 19.4 Å². The first-order chi connectivity index (χ1) is 12.5. The number of urea groups is 1. The fourth-order valence-electron chi connectivity index (χ4n) is 2.34. The van der Waals surface area contributed by atoms with E-state index in [0.717, 1.165) is 12.8 Å². The Kier molecular flexibility index (Phi) is 4.83. The number of ether oxygens (including phenoxy) is 1. The highest BCUT2D eigenvalue weighted by molar-refractivity contribution is 5.90. The maximum Gasteiger partial charge on any atom is 0.360 e. The minimum atomic E-state index is -0.617. The number of hydrogen-bond donors (Lipinski definition) is 1. The molecule has 1 aromatic carbocycles. The molecule has 0 spiro atoms. The van der Waals surface area contributed by atoms with Gasteiger partial charge in [0.15, 0.2) is 5.69 Å². The standard InChI is InChI=1S/C16H16N4O6/c1-25-15(21)13-9-26-14(18-13)8-19(11-6-7-11)16(22)17-10-2-4-12(5-3-10)20(23)24/h2-5,9,11H,6-8H2,1H3,(H,17,22). The number of nitro benzene ring substituents is 1. The Hall–Kier alpha value is -3.43. The number of nitrogens with zero attached hydrogens (tertiary/aromatic N) is 3. The van der Waals surface area contributed by atoms with Crippen molar-refractivity contribution < 1.29 is 23.7 Å². The molecule has 1 aliphatic rings. The lowest BCUT2D eigenvalue weighted by atomic mass is 10.3. The lowest BCUT2D eigenvalue weighted by molar-refractivity contribution is -0.384. The van der Waals surface area contributed by atoms with Crippen LogP contribution in [0.1, 0.15) is 29.2 Å². The van der Waals surface area contributed by atoms with Crippen molar-refractivity contribution in [2.75, 3.05) is 12.4 Å². The molecule has 1 aromatic heterocycles. The van der Waals surface area contributed by atoms with Gasteiger partial charge in [0.1, 0.15) is 6.26 Å². The number of methoxy groups -OCH3 is 1. The average molecular weight is 360 g/mol. The highest BCUT2D eigenvalue weighted by Crippen LogP contribution is 2.29. The summed E-state index contributed by atoms with van der Waals surface area (Å²) in [6, 6.07) is 5.23. The summed E-state index contributed by atoms with van der Waals surface area (Å²) >= 11 is 0. The summed E-state index contributed by atoms with van der Waals surface area (Å²) in [7, 11) is 1.24. The molecule has 1 saturated carbocycles. The summed E-state index contributed by atoms with van der Waals surface area (Å²) in [6.45, 7) is 0.0977. The first-order valence-electron chi connectivity index (χ1n) is 7.82. The molecule has 1 heterocycles. The third kappa shape index (κ3) is 3.97. The molecule has 2 amide bonds. The highest BCUT2D eigenvalue weighted by Gasteiger charge is 2.34. The molecule has 0 radical (unpaired) electrons. The van der Waals surface area contributed by atoms with Gasteiger partial charge in [-0.05, 0) is 25.0 Å². The van der Waals surface area contributed by atoms with Crippen molar-refractivity contribution >= 4 is 23.4 Å². The number of nitro groups is 1. The summed E-state index contributed by atoms with van der Waals surface area (Å²) in [5.74, 6) is -0.399. The summed E-state index contributed by atoms with van der Waals surface area (Å²) in [5, 5.41) is 13.4. The zero-order valence-corrected chi connectivity index (χ0v) is 13.9. The Morgan fingerprint density at radius 1 is 1.38 bits per heavy atom. The van der Waals surface area contributed by atoms with E-state index >= 15 is 0 Å². The third-order valence-electron chi connectivity index (χ3n) is 3.83. The number of anilines is 1. The Balaban J connectivity index is 1.67. The van der Waals surface area contributed by atoms with Gasteiger partial charge in [-0.25, -0.2) is 14.6 Å². The summed E-state index contributed by atoms with van der Waals surface area (Å²) in [5.41, 5.74) is 0.417. The summed E-state index contributed by atoms with van der Waals surface area (Å²) < 4.78 is 9.79. The molecule has 10 heteroatoms. The van der Waals surface area contributed by atoms with Crippen LogP contribution in [0.15, 0.2) is 34.9 Å². The molecular weight excluding hydrogens is 344 g/mol. The number of non-ortho nitro benzene ring substituents is 1. The largest absolute Gasteiger partial charge is 0.464 e. The molecular formula is C16H16N4O6. The van der Waals surface area contributed by atoms with Crippen LogP contribution in [0.2, 0.25) is 0 Å². The smallest absolute Gasteiger partial charge is 0.360 e. The van der Waals surface area contributed by atoms with Crippen LogP contribution < -0.4 is 5.32 Å². The maximum absolute atomic E-state index is 12.5. The second kappa shape index (κ2) is 7.21. The topological polar surface area (TPSA) is 128 Å². The van der Waals surface area contributed by atoms with Crippen molar-refractivity contribution in [2.24, 2.45) is 0 Å². The van der Waals surface area contributed by atoms with Gasteiger partial charge in [0, 0.05) is 23.9 Å². The molecule has 0 atom stereocenters. The van der Waals surface area contributed by atoms with E-state index in [4.69, 9.17) is 4.42 Å². The van der Waals surface area contributed by atoms with Crippen LogP contribution in [0.5, 0.6) is 0 Å². The van der Waals surface area contributed by atoms with Crippen molar-refractivity contribution in [1.82, 2.24) is 9.88 Å². The number of carbonyl (C=O) groups excluding carboxylic acids is 2.